The van der Waals surface area contributed by atoms with Crippen LogP contribution in [0.15, 0.2) is 24.3 Å². The van der Waals surface area contributed by atoms with Crippen molar-refractivity contribution < 1.29 is 4.79 Å². The Morgan fingerprint density at radius 3 is 2.65 bits per heavy atom. The summed E-state index contributed by atoms with van der Waals surface area (Å²) in [7, 11) is 0. The van der Waals surface area contributed by atoms with Gasteiger partial charge in [0.05, 0.1) is 0 Å². The molecule has 0 spiro atoms. The highest BCUT2D eigenvalue weighted by Gasteiger charge is 2.02. The van der Waals surface area contributed by atoms with E-state index < -0.39 is 0 Å². The molecule has 0 saturated heterocycles. The molecule has 0 aliphatic carbocycles. The Morgan fingerprint density at radius 1 is 1.29 bits per heavy atom. The molecule has 0 aliphatic heterocycles. The summed E-state index contributed by atoms with van der Waals surface area (Å²) in [6, 6.07) is 7.80. The van der Waals surface area contributed by atoms with Crippen molar-refractivity contribution >= 4 is 28.9 Å². The molecule has 0 fully saturated rings. The molecule has 17 heavy (non-hydrogen) atoms. The molecule has 0 aliphatic rings. The predicted molar refractivity (Wildman–Crippen MR) is 73.6 cm³/mol. The highest BCUT2D eigenvalue weighted by atomic mass is 32.1. The number of rotatable bonds is 3. The van der Waals surface area contributed by atoms with Crippen LogP contribution < -0.4 is 16.2 Å². The first-order valence-electron chi connectivity index (χ1n) is 5.55. The van der Waals surface area contributed by atoms with Crippen molar-refractivity contribution in [3.63, 3.8) is 0 Å². The average molecular weight is 251 g/mol. The molecule has 0 aromatic heterocycles. The van der Waals surface area contributed by atoms with Crippen molar-refractivity contribution in [2.45, 2.75) is 26.7 Å². The number of carbonyl (C=O) groups excluding carboxylic acids is 1. The maximum atomic E-state index is 11.2. The number of anilines is 1. The molecule has 5 heteroatoms. The van der Waals surface area contributed by atoms with E-state index in [1.165, 1.54) is 0 Å². The van der Waals surface area contributed by atoms with Crippen molar-refractivity contribution in [2.24, 2.45) is 0 Å². The van der Waals surface area contributed by atoms with Gasteiger partial charge in [0.1, 0.15) is 0 Å². The van der Waals surface area contributed by atoms with Crippen LogP contribution >= 0.6 is 12.2 Å². The Bertz CT molecular complexity index is 406. The lowest BCUT2D eigenvalue weighted by molar-refractivity contribution is -0.121. The average Bonchev–Trinajstić information content (AvgIpc) is 2.30. The van der Waals surface area contributed by atoms with Gasteiger partial charge >= 0.3 is 0 Å². The summed E-state index contributed by atoms with van der Waals surface area (Å²) >= 11 is 5.06. The van der Waals surface area contributed by atoms with Gasteiger partial charge in [-0.3, -0.25) is 15.6 Å². The Balaban J connectivity index is 2.40. The molecule has 0 saturated carbocycles. The Kier molecular flexibility index (Phi) is 5.42. The van der Waals surface area contributed by atoms with E-state index in [1.807, 2.05) is 38.1 Å². The summed E-state index contributed by atoms with van der Waals surface area (Å²) in [5, 5.41) is 3.39. The number of amides is 1. The molecule has 1 aromatic rings. The number of nitrogens with one attached hydrogen (secondary N) is 3. The first-order chi connectivity index (χ1) is 8.13. The number of aryl methyl sites for hydroxylation is 1. The second-order valence-corrected chi connectivity index (χ2v) is 4.10. The summed E-state index contributed by atoms with van der Waals surface area (Å²) in [4.78, 5) is 11.2. The highest BCUT2D eigenvalue weighted by Crippen LogP contribution is 2.12. The van der Waals surface area contributed by atoms with Crippen LogP contribution in [0.4, 0.5) is 5.69 Å². The Morgan fingerprint density at radius 2 is 2.00 bits per heavy atom. The molecule has 92 valence electrons. The molecule has 1 aromatic carbocycles. The first kappa shape index (κ1) is 13.4. The Labute approximate surface area is 107 Å². The number of hydrogen-bond acceptors (Lipinski definition) is 2. The van der Waals surface area contributed by atoms with Crippen LogP contribution in [0, 0.1) is 6.92 Å². The van der Waals surface area contributed by atoms with E-state index in [1.54, 1.807) is 0 Å². The van der Waals surface area contributed by atoms with E-state index >= 15 is 0 Å². The summed E-state index contributed by atoms with van der Waals surface area (Å²) in [5.41, 5.74) is 7.21. The fourth-order valence-corrected chi connectivity index (χ4v) is 1.44. The monoisotopic (exact) mass is 251 g/mol. The SMILES string of the molecule is CCCC(=O)NNC(=S)Nc1ccccc1C. The molecule has 0 atom stereocenters. The van der Waals surface area contributed by atoms with Crippen LogP contribution in [0.2, 0.25) is 0 Å². The molecule has 0 heterocycles. The fourth-order valence-electron chi connectivity index (χ4n) is 1.28. The Hall–Kier alpha value is -1.62. The topological polar surface area (TPSA) is 53.2 Å². The van der Waals surface area contributed by atoms with E-state index in [4.69, 9.17) is 12.2 Å². The van der Waals surface area contributed by atoms with Gasteiger partial charge in [-0.15, -0.1) is 0 Å². The minimum atomic E-state index is -0.0681. The van der Waals surface area contributed by atoms with E-state index in [0.717, 1.165) is 17.7 Å². The summed E-state index contributed by atoms with van der Waals surface area (Å²) in [6.07, 6.45) is 1.30. The van der Waals surface area contributed by atoms with Crippen molar-refractivity contribution in [3.8, 4) is 0 Å². The largest absolute Gasteiger partial charge is 0.331 e. The van der Waals surface area contributed by atoms with E-state index in [-0.39, 0.29) is 5.91 Å². The lowest BCUT2D eigenvalue weighted by Crippen LogP contribution is -2.43. The van der Waals surface area contributed by atoms with Crippen molar-refractivity contribution in [2.75, 3.05) is 5.32 Å². The van der Waals surface area contributed by atoms with Crippen molar-refractivity contribution in [3.05, 3.63) is 29.8 Å². The van der Waals surface area contributed by atoms with E-state index in [9.17, 15) is 4.79 Å². The van der Waals surface area contributed by atoms with Crippen LogP contribution in [0.5, 0.6) is 0 Å². The van der Waals surface area contributed by atoms with Gasteiger partial charge in [-0.25, -0.2) is 0 Å². The molecule has 0 bridgehead atoms. The molecule has 0 radical (unpaired) electrons. The maximum absolute atomic E-state index is 11.2. The van der Waals surface area contributed by atoms with Crippen LogP contribution in [0.25, 0.3) is 0 Å². The predicted octanol–water partition coefficient (Wildman–Crippen LogP) is 2.11. The number of thiocarbonyl (C=S) groups is 1. The third-order valence-corrected chi connectivity index (χ3v) is 2.39. The van der Waals surface area contributed by atoms with Gasteiger partial charge in [-0.05, 0) is 37.2 Å². The van der Waals surface area contributed by atoms with Gasteiger partial charge in [-0.1, -0.05) is 25.1 Å². The number of para-hydroxylation sites is 1. The molecule has 1 rings (SSSR count). The zero-order valence-electron chi connectivity index (χ0n) is 10.0. The van der Waals surface area contributed by atoms with Crippen LogP contribution in [0.3, 0.4) is 0 Å². The number of carbonyl (C=O) groups is 1. The third-order valence-electron chi connectivity index (χ3n) is 2.19. The second-order valence-electron chi connectivity index (χ2n) is 3.69. The molecule has 1 amide bonds. The van der Waals surface area contributed by atoms with Crippen LogP contribution in [0.1, 0.15) is 25.3 Å². The molecule has 0 unspecified atom stereocenters. The lowest BCUT2D eigenvalue weighted by Gasteiger charge is -2.12. The number of hydrogen-bond donors (Lipinski definition) is 3. The summed E-state index contributed by atoms with van der Waals surface area (Å²) in [5.74, 6) is -0.0681. The minimum absolute atomic E-state index is 0.0681. The second kappa shape index (κ2) is 6.85. The highest BCUT2D eigenvalue weighted by molar-refractivity contribution is 7.80. The van der Waals surface area contributed by atoms with Gasteiger partial charge in [0.15, 0.2) is 5.11 Å². The van der Waals surface area contributed by atoms with Gasteiger partial charge in [0.25, 0.3) is 0 Å². The van der Waals surface area contributed by atoms with Crippen molar-refractivity contribution in [1.29, 1.82) is 0 Å². The molecule has 3 N–H and O–H groups in total. The summed E-state index contributed by atoms with van der Waals surface area (Å²) in [6.45, 7) is 3.93. The van der Waals surface area contributed by atoms with Gasteiger partial charge in [0, 0.05) is 12.1 Å². The minimum Gasteiger partial charge on any atom is -0.331 e. The number of benzene rings is 1. The van der Waals surface area contributed by atoms with E-state index in [2.05, 4.69) is 16.2 Å². The van der Waals surface area contributed by atoms with Crippen LogP contribution in [-0.4, -0.2) is 11.0 Å². The fraction of sp³-hybridized carbons (Fsp3) is 0.333. The number of hydrazine groups is 1. The zero-order valence-corrected chi connectivity index (χ0v) is 10.9. The standard InChI is InChI=1S/C12H17N3OS/c1-3-6-11(16)14-15-12(17)13-10-8-5-4-7-9(10)2/h4-5,7-8H,3,6H2,1-2H3,(H,14,16)(H2,13,15,17). The quantitative estimate of drug-likeness (QED) is 0.569. The smallest absolute Gasteiger partial charge is 0.238 e. The van der Waals surface area contributed by atoms with Gasteiger partial charge in [-0.2, -0.15) is 0 Å². The lowest BCUT2D eigenvalue weighted by atomic mass is 10.2. The third kappa shape index (κ3) is 4.82. The molecular formula is C12H17N3OS. The molecular weight excluding hydrogens is 234 g/mol. The maximum Gasteiger partial charge on any atom is 0.238 e. The normalized spacial score (nSPS) is 9.53. The van der Waals surface area contributed by atoms with E-state index in [0.29, 0.717) is 11.5 Å². The first-order valence-corrected chi connectivity index (χ1v) is 5.95. The van der Waals surface area contributed by atoms with Gasteiger partial charge in [0.2, 0.25) is 5.91 Å². The van der Waals surface area contributed by atoms with Gasteiger partial charge < -0.3 is 5.32 Å². The summed E-state index contributed by atoms with van der Waals surface area (Å²) < 4.78 is 0. The zero-order chi connectivity index (χ0) is 12.7. The van der Waals surface area contributed by atoms with Crippen LogP contribution in [-0.2, 0) is 4.79 Å². The molecule has 4 nitrogen and oxygen atoms in total. The van der Waals surface area contributed by atoms with Crippen molar-refractivity contribution in [1.82, 2.24) is 10.9 Å².